The fourth-order valence-electron chi connectivity index (χ4n) is 2.69. The first-order valence-corrected chi connectivity index (χ1v) is 13.4. The zero-order chi connectivity index (χ0) is 20.7. The van der Waals surface area contributed by atoms with E-state index in [1.165, 1.54) is 23.5 Å². The minimum atomic E-state index is -0.355. The molecule has 5 nitrogen and oxygen atoms in total. The highest BCUT2D eigenvalue weighted by Gasteiger charge is 2.21. The monoisotopic (exact) mass is 421 g/mol. The van der Waals surface area contributed by atoms with E-state index < -0.39 is 0 Å². The first kappa shape index (κ1) is 22.4. The molecule has 154 valence electrons. The van der Waals surface area contributed by atoms with Gasteiger partial charge in [-0.3, -0.25) is 4.68 Å². The largest absolute Gasteiger partial charge is 0.462 e. The van der Waals surface area contributed by atoms with Crippen LogP contribution in [0.15, 0.2) is 30.5 Å². The Morgan fingerprint density at radius 1 is 1.18 bits per heavy atom. The second-order valence-corrected chi connectivity index (χ2v) is 12.9. The SMILES string of the molecule is CCCS(C)(C)C.CCOC(=O)c1cn(CC)nc1-c1nc2ccccc2s1. The van der Waals surface area contributed by atoms with Gasteiger partial charge in [0.2, 0.25) is 0 Å². The number of para-hydroxylation sites is 1. The van der Waals surface area contributed by atoms with Crippen LogP contribution in [0.4, 0.5) is 0 Å². The summed E-state index contributed by atoms with van der Waals surface area (Å²) in [5.74, 6) is 1.07. The molecule has 2 heterocycles. The van der Waals surface area contributed by atoms with Gasteiger partial charge < -0.3 is 4.74 Å². The van der Waals surface area contributed by atoms with Crippen molar-refractivity contribution in [2.75, 3.05) is 31.1 Å². The standard InChI is InChI=1S/C15H15N3O2S.C6H16S/c1-3-18-9-10(15(19)20-4-2)13(17-18)14-16-11-7-5-6-8-12(11)21-14;1-5-6-7(2,3)4/h5-9H,3-4H2,1-2H3;5-6H2,1-4H3. The third kappa shape index (κ3) is 6.07. The fourth-order valence-corrected chi connectivity index (χ4v) is 4.87. The molecule has 0 saturated carbocycles. The summed E-state index contributed by atoms with van der Waals surface area (Å²) in [6.45, 7) is 7.05. The molecule has 0 amide bonds. The summed E-state index contributed by atoms with van der Waals surface area (Å²) < 4.78 is 7.91. The Morgan fingerprint density at radius 2 is 1.89 bits per heavy atom. The summed E-state index contributed by atoms with van der Waals surface area (Å²) in [7, 11) is -0.174. The van der Waals surface area contributed by atoms with Crippen molar-refractivity contribution in [3.63, 3.8) is 0 Å². The van der Waals surface area contributed by atoms with E-state index in [2.05, 4.69) is 35.8 Å². The van der Waals surface area contributed by atoms with Crippen molar-refractivity contribution in [3.05, 3.63) is 36.0 Å². The van der Waals surface area contributed by atoms with Gasteiger partial charge in [-0.25, -0.2) is 19.8 Å². The molecule has 0 radical (unpaired) electrons. The number of benzene rings is 1. The number of hydrogen-bond acceptors (Lipinski definition) is 5. The third-order valence-electron chi connectivity index (χ3n) is 3.89. The minimum Gasteiger partial charge on any atom is -0.462 e. The van der Waals surface area contributed by atoms with Crippen LogP contribution in [0.5, 0.6) is 0 Å². The van der Waals surface area contributed by atoms with E-state index >= 15 is 0 Å². The van der Waals surface area contributed by atoms with Gasteiger partial charge in [0.25, 0.3) is 0 Å². The van der Waals surface area contributed by atoms with Crippen LogP contribution < -0.4 is 0 Å². The Balaban J connectivity index is 0.000000345. The maximum Gasteiger partial charge on any atom is 0.342 e. The first-order valence-electron chi connectivity index (χ1n) is 9.55. The lowest BCUT2D eigenvalue weighted by atomic mass is 10.2. The van der Waals surface area contributed by atoms with E-state index in [1.54, 1.807) is 17.8 Å². The average Bonchev–Trinajstić information content (AvgIpc) is 3.25. The molecule has 0 atom stereocenters. The molecule has 0 aliphatic carbocycles. The molecule has 3 aromatic rings. The van der Waals surface area contributed by atoms with Gasteiger partial charge in [0.05, 0.1) is 16.8 Å². The number of thiazole rings is 1. The Kier molecular flexibility index (Phi) is 8.07. The average molecular weight is 422 g/mol. The van der Waals surface area contributed by atoms with Crippen LogP contribution >= 0.6 is 21.4 Å². The summed E-state index contributed by atoms with van der Waals surface area (Å²) >= 11 is 1.53. The van der Waals surface area contributed by atoms with Crippen LogP contribution in [0, 0.1) is 0 Å². The lowest BCUT2D eigenvalue weighted by Gasteiger charge is -2.23. The van der Waals surface area contributed by atoms with Crippen molar-refractivity contribution in [1.82, 2.24) is 14.8 Å². The van der Waals surface area contributed by atoms with Crippen molar-refractivity contribution in [3.8, 4) is 10.7 Å². The molecule has 3 rings (SSSR count). The summed E-state index contributed by atoms with van der Waals surface area (Å²) in [6.07, 6.45) is 10.1. The minimum absolute atomic E-state index is 0.174. The van der Waals surface area contributed by atoms with Crippen molar-refractivity contribution < 1.29 is 9.53 Å². The topological polar surface area (TPSA) is 57.0 Å². The Hall–Kier alpha value is -1.86. The van der Waals surface area contributed by atoms with Crippen molar-refractivity contribution in [2.24, 2.45) is 0 Å². The first-order chi connectivity index (χ1) is 13.3. The second-order valence-electron chi connectivity index (χ2n) is 7.25. The van der Waals surface area contributed by atoms with E-state index in [0.29, 0.717) is 24.4 Å². The van der Waals surface area contributed by atoms with Gasteiger partial charge in [-0.15, -0.1) is 11.3 Å². The number of carbonyl (C=O) groups is 1. The predicted octanol–water partition coefficient (Wildman–Crippen LogP) is 5.45. The number of ether oxygens (including phenoxy) is 1. The number of aryl methyl sites for hydroxylation is 1. The lowest BCUT2D eigenvalue weighted by Crippen LogP contribution is -2.04. The Bertz CT molecular complexity index is 877. The maximum absolute atomic E-state index is 12.1. The summed E-state index contributed by atoms with van der Waals surface area (Å²) in [4.78, 5) is 16.7. The van der Waals surface area contributed by atoms with E-state index in [1.807, 2.05) is 31.2 Å². The number of aromatic nitrogens is 3. The van der Waals surface area contributed by atoms with Crippen LogP contribution in [0.3, 0.4) is 0 Å². The quantitative estimate of drug-likeness (QED) is 0.497. The van der Waals surface area contributed by atoms with Crippen LogP contribution in [0.2, 0.25) is 0 Å². The van der Waals surface area contributed by atoms with Gasteiger partial charge in [-0.1, -0.05) is 19.1 Å². The Labute approximate surface area is 173 Å². The van der Waals surface area contributed by atoms with Crippen LogP contribution in [0.25, 0.3) is 20.9 Å². The van der Waals surface area contributed by atoms with E-state index in [9.17, 15) is 4.79 Å². The maximum atomic E-state index is 12.1. The van der Waals surface area contributed by atoms with Crippen molar-refractivity contribution in [1.29, 1.82) is 0 Å². The van der Waals surface area contributed by atoms with Gasteiger partial charge >= 0.3 is 5.97 Å². The summed E-state index contributed by atoms with van der Waals surface area (Å²) in [6, 6.07) is 7.89. The van der Waals surface area contributed by atoms with Crippen LogP contribution in [-0.2, 0) is 11.3 Å². The summed E-state index contributed by atoms with van der Waals surface area (Å²) in [5.41, 5.74) is 1.98. The van der Waals surface area contributed by atoms with E-state index in [0.717, 1.165) is 15.2 Å². The smallest absolute Gasteiger partial charge is 0.342 e. The number of esters is 1. The molecule has 7 heteroatoms. The number of carbonyl (C=O) groups excluding carboxylic acids is 1. The van der Waals surface area contributed by atoms with Gasteiger partial charge in [0, 0.05) is 12.7 Å². The number of hydrogen-bond donors (Lipinski definition) is 0. The number of fused-ring (bicyclic) bond motifs is 1. The highest BCUT2D eigenvalue weighted by Crippen LogP contribution is 2.34. The lowest BCUT2D eigenvalue weighted by molar-refractivity contribution is 0.0527. The normalized spacial score (nSPS) is 11.8. The molecular formula is C21H31N3O2S2. The fraction of sp³-hybridized carbons (Fsp3) is 0.476. The molecule has 2 aromatic heterocycles. The van der Waals surface area contributed by atoms with Crippen molar-refractivity contribution >= 4 is 37.6 Å². The molecule has 0 N–H and O–H groups in total. The molecular weight excluding hydrogens is 390 g/mol. The molecule has 0 aliphatic heterocycles. The molecule has 0 spiro atoms. The molecule has 0 bridgehead atoms. The molecule has 1 aromatic carbocycles. The van der Waals surface area contributed by atoms with Gasteiger partial charge in [-0.05, 0) is 56.9 Å². The highest BCUT2D eigenvalue weighted by molar-refractivity contribution is 8.32. The molecule has 0 aliphatic rings. The van der Waals surface area contributed by atoms with Gasteiger partial charge in [0.15, 0.2) is 0 Å². The third-order valence-corrected chi connectivity index (χ3v) is 6.57. The highest BCUT2D eigenvalue weighted by atomic mass is 32.3. The van der Waals surface area contributed by atoms with E-state index in [-0.39, 0.29) is 16.0 Å². The Morgan fingerprint density at radius 3 is 2.43 bits per heavy atom. The van der Waals surface area contributed by atoms with Crippen LogP contribution in [-0.4, -0.2) is 51.9 Å². The van der Waals surface area contributed by atoms with E-state index in [4.69, 9.17) is 4.74 Å². The zero-order valence-electron chi connectivity index (χ0n) is 17.7. The van der Waals surface area contributed by atoms with Crippen molar-refractivity contribution in [2.45, 2.75) is 33.7 Å². The molecule has 0 unspecified atom stereocenters. The molecule has 28 heavy (non-hydrogen) atoms. The zero-order valence-corrected chi connectivity index (χ0v) is 19.3. The van der Waals surface area contributed by atoms with Crippen LogP contribution in [0.1, 0.15) is 37.6 Å². The molecule has 0 fully saturated rings. The van der Waals surface area contributed by atoms with Gasteiger partial charge in [-0.2, -0.15) is 5.10 Å². The second kappa shape index (κ2) is 10.1. The van der Waals surface area contributed by atoms with Gasteiger partial charge in [0.1, 0.15) is 16.3 Å². The number of nitrogens with zero attached hydrogens (tertiary/aromatic N) is 3. The summed E-state index contributed by atoms with van der Waals surface area (Å²) in [5, 5.41) is 5.20. The number of rotatable bonds is 6. The predicted molar refractivity (Wildman–Crippen MR) is 123 cm³/mol. The molecule has 0 saturated heterocycles.